The third-order valence-electron chi connectivity index (χ3n) is 3.67. The quantitative estimate of drug-likeness (QED) is 0.810. The van der Waals surface area contributed by atoms with Crippen molar-refractivity contribution in [3.05, 3.63) is 64.5 Å². The Hall–Kier alpha value is -2.36. The van der Waals surface area contributed by atoms with E-state index in [2.05, 4.69) is 0 Å². The van der Waals surface area contributed by atoms with E-state index in [0.717, 1.165) is 16.7 Å². The van der Waals surface area contributed by atoms with Crippen molar-refractivity contribution in [1.29, 1.82) is 0 Å². The first-order valence-electron chi connectivity index (χ1n) is 6.47. The zero-order chi connectivity index (χ0) is 14.3. The highest BCUT2D eigenvalue weighted by molar-refractivity contribution is 5.96. The standard InChI is InChI=1S/C16H15FN2O/c1-10-2-4-13(17)7-15(10)16(20)19-8-11-3-5-14(18)6-12(11)9-19/h2-7H,8-9,18H2,1H3. The van der Waals surface area contributed by atoms with Gasteiger partial charge in [0, 0.05) is 24.3 Å². The van der Waals surface area contributed by atoms with Crippen LogP contribution in [0.1, 0.15) is 27.0 Å². The Labute approximate surface area is 116 Å². The number of nitrogens with two attached hydrogens (primary N) is 1. The van der Waals surface area contributed by atoms with E-state index < -0.39 is 0 Å². The molecule has 1 aliphatic heterocycles. The van der Waals surface area contributed by atoms with E-state index in [9.17, 15) is 9.18 Å². The zero-order valence-corrected chi connectivity index (χ0v) is 11.2. The molecule has 4 heteroatoms. The Bertz CT molecular complexity index is 697. The van der Waals surface area contributed by atoms with Crippen LogP contribution in [0.3, 0.4) is 0 Å². The van der Waals surface area contributed by atoms with Gasteiger partial charge in [-0.25, -0.2) is 4.39 Å². The summed E-state index contributed by atoms with van der Waals surface area (Å²) in [5, 5.41) is 0. The number of hydrogen-bond donors (Lipinski definition) is 1. The molecule has 3 nitrogen and oxygen atoms in total. The third-order valence-corrected chi connectivity index (χ3v) is 3.67. The Morgan fingerprint density at radius 1 is 1.15 bits per heavy atom. The van der Waals surface area contributed by atoms with Crippen LogP contribution in [0.25, 0.3) is 0 Å². The van der Waals surface area contributed by atoms with Crippen molar-refractivity contribution in [3.8, 4) is 0 Å². The smallest absolute Gasteiger partial charge is 0.254 e. The molecule has 0 aromatic heterocycles. The lowest BCUT2D eigenvalue weighted by Crippen LogP contribution is -2.26. The van der Waals surface area contributed by atoms with Gasteiger partial charge >= 0.3 is 0 Å². The second-order valence-electron chi connectivity index (χ2n) is 5.15. The summed E-state index contributed by atoms with van der Waals surface area (Å²) >= 11 is 0. The lowest BCUT2D eigenvalue weighted by molar-refractivity contribution is 0.0750. The monoisotopic (exact) mass is 270 g/mol. The van der Waals surface area contributed by atoms with Crippen LogP contribution in [0.4, 0.5) is 10.1 Å². The number of aryl methyl sites for hydroxylation is 1. The van der Waals surface area contributed by atoms with Crippen molar-refractivity contribution in [1.82, 2.24) is 4.90 Å². The molecule has 0 atom stereocenters. The SMILES string of the molecule is Cc1ccc(F)cc1C(=O)N1Cc2ccc(N)cc2C1. The van der Waals surface area contributed by atoms with Gasteiger partial charge in [0.1, 0.15) is 5.82 Å². The Morgan fingerprint density at radius 3 is 2.70 bits per heavy atom. The van der Waals surface area contributed by atoms with Crippen LogP contribution in [0.2, 0.25) is 0 Å². The third kappa shape index (κ3) is 2.13. The number of fused-ring (bicyclic) bond motifs is 1. The van der Waals surface area contributed by atoms with Crippen molar-refractivity contribution < 1.29 is 9.18 Å². The molecule has 2 N–H and O–H groups in total. The van der Waals surface area contributed by atoms with E-state index in [1.165, 1.54) is 12.1 Å². The maximum atomic E-state index is 13.3. The highest BCUT2D eigenvalue weighted by Crippen LogP contribution is 2.26. The second-order valence-corrected chi connectivity index (χ2v) is 5.15. The van der Waals surface area contributed by atoms with Crippen LogP contribution in [0, 0.1) is 12.7 Å². The van der Waals surface area contributed by atoms with Gasteiger partial charge in [-0.3, -0.25) is 4.79 Å². The van der Waals surface area contributed by atoms with E-state index in [4.69, 9.17) is 5.73 Å². The number of amides is 1. The number of halogens is 1. The highest BCUT2D eigenvalue weighted by atomic mass is 19.1. The number of hydrogen-bond acceptors (Lipinski definition) is 2. The minimum absolute atomic E-state index is 0.142. The van der Waals surface area contributed by atoms with Gasteiger partial charge in [-0.15, -0.1) is 0 Å². The molecule has 2 aromatic rings. The van der Waals surface area contributed by atoms with Crippen molar-refractivity contribution >= 4 is 11.6 Å². The summed E-state index contributed by atoms with van der Waals surface area (Å²) in [5.74, 6) is -0.531. The summed E-state index contributed by atoms with van der Waals surface area (Å²) in [6.07, 6.45) is 0. The number of rotatable bonds is 1. The fraction of sp³-hybridized carbons (Fsp3) is 0.188. The molecule has 0 aliphatic carbocycles. The maximum absolute atomic E-state index is 13.3. The van der Waals surface area contributed by atoms with E-state index in [1.54, 1.807) is 11.0 Å². The summed E-state index contributed by atoms with van der Waals surface area (Å²) in [6, 6.07) is 9.96. The average Bonchev–Trinajstić information content (AvgIpc) is 2.83. The van der Waals surface area contributed by atoms with Crippen LogP contribution in [-0.4, -0.2) is 10.8 Å². The molecule has 0 saturated carbocycles. The number of nitrogen functional groups attached to an aromatic ring is 1. The predicted molar refractivity (Wildman–Crippen MR) is 75.6 cm³/mol. The number of carbonyl (C=O) groups is 1. The number of benzene rings is 2. The summed E-state index contributed by atoms with van der Waals surface area (Å²) in [6.45, 7) is 2.88. The average molecular weight is 270 g/mol. The van der Waals surface area contributed by atoms with Crippen LogP contribution in [0.5, 0.6) is 0 Å². The van der Waals surface area contributed by atoms with Gasteiger partial charge in [-0.2, -0.15) is 0 Å². The first-order valence-corrected chi connectivity index (χ1v) is 6.47. The van der Waals surface area contributed by atoms with Crippen LogP contribution < -0.4 is 5.73 Å². The molecule has 0 fully saturated rings. The molecule has 0 radical (unpaired) electrons. The largest absolute Gasteiger partial charge is 0.399 e. The highest BCUT2D eigenvalue weighted by Gasteiger charge is 2.25. The molecule has 0 saturated heterocycles. The van der Waals surface area contributed by atoms with E-state index in [-0.39, 0.29) is 11.7 Å². The van der Waals surface area contributed by atoms with Gasteiger partial charge in [-0.05, 0) is 47.9 Å². The van der Waals surface area contributed by atoms with Gasteiger partial charge in [0.05, 0.1) is 0 Å². The Kier molecular flexibility index (Phi) is 2.93. The fourth-order valence-electron chi connectivity index (χ4n) is 2.55. The van der Waals surface area contributed by atoms with Crippen molar-refractivity contribution in [2.24, 2.45) is 0 Å². The first kappa shape index (κ1) is 12.7. The molecular weight excluding hydrogens is 255 g/mol. The molecule has 3 rings (SSSR count). The van der Waals surface area contributed by atoms with Gasteiger partial charge in [0.25, 0.3) is 5.91 Å². The molecule has 0 unspecified atom stereocenters. The van der Waals surface area contributed by atoms with Crippen LogP contribution >= 0.6 is 0 Å². The molecular formula is C16H15FN2O. The molecule has 2 aromatic carbocycles. The summed E-state index contributed by atoms with van der Waals surface area (Å²) < 4.78 is 13.3. The van der Waals surface area contributed by atoms with E-state index in [0.29, 0.717) is 24.3 Å². The van der Waals surface area contributed by atoms with Gasteiger partial charge in [0.2, 0.25) is 0 Å². The molecule has 1 heterocycles. The fourth-order valence-corrected chi connectivity index (χ4v) is 2.55. The maximum Gasteiger partial charge on any atom is 0.254 e. The molecule has 1 aliphatic rings. The van der Waals surface area contributed by atoms with Gasteiger partial charge in [0.15, 0.2) is 0 Å². The van der Waals surface area contributed by atoms with Crippen LogP contribution in [0.15, 0.2) is 36.4 Å². The van der Waals surface area contributed by atoms with Crippen LogP contribution in [-0.2, 0) is 13.1 Å². The minimum atomic E-state index is -0.389. The zero-order valence-electron chi connectivity index (χ0n) is 11.2. The lowest BCUT2D eigenvalue weighted by atomic mass is 10.1. The predicted octanol–water partition coefficient (Wildman–Crippen LogP) is 2.87. The number of carbonyl (C=O) groups excluding carboxylic acids is 1. The molecule has 0 spiro atoms. The van der Waals surface area contributed by atoms with Crippen molar-refractivity contribution in [3.63, 3.8) is 0 Å². The minimum Gasteiger partial charge on any atom is -0.399 e. The summed E-state index contributed by atoms with van der Waals surface area (Å²) in [5.41, 5.74) is 9.82. The first-order chi connectivity index (χ1) is 9.54. The second kappa shape index (κ2) is 4.63. The molecule has 0 bridgehead atoms. The molecule has 20 heavy (non-hydrogen) atoms. The van der Waals surface area contributed by atoms with E-state index >= 15 is 0 Å². The summed E-state index contributed by atoms with van der Waals surface area (Å²) in [4.78, 5) is 14.2. The molecule has 102 valence electrons. The Morgan fingerprint density at radius 2 is 1.90 bits per heavy atom. The van der Waals surface area contributed by atoms with Gasteiger partial charge in [-0.1, -0.05) is 12.1 Å². The van der Waals surface area contributed by atoms with E-state index in [1.807, 2.05) is 25.1 Å². The number of anilines is 1. The summed E-state index contributed by atoms with van der Waals surface area (Å²) in [7, 11) is 0. The van der Waals surface area contributed by atoms with Crippen molar-refractivity contribution in [2.45, 2.75) is 20.0 Å². The van der Waals surface area contributed by atoms with Crippen molar-refractivity contribution in [2.75, 3.05) is 5.73 Å². The Balaban J connectivity index is 1.89. The molecule has 1 amide bonds. The van der Waals surface area contributed by atoms with Gasteiger partial charge < -0.3 is 10.6 Å². The topological polar surface area (TPSA) is 46.3 Å². The normalized spacial score (nSPS) is 13.4. The lowest BCUT2D eigenvalue weighted by Gasteiger charge is -2.16. The number of nitrogens with zero attached hydrogens (tertiary/aromatic N) is 1.